The molecule has 2 nitrogen and oxygen atoms in total. The van der Waals surface area contributed by atoms with Gasteiger partial charge in [0.1, 0.15) is 0 Å². The molecule has 2 heteroatoms. The Kier molecular flexibility index (Phi) is 12.9. The Morgan fingerprint density at radius 3 is 1.58 bits per heavy atom. The van der Waals surface area contributed by atoms with Gasteiger partial charge in [-0.2, -0.15) is 0 Å². The fourth-order valence-electron chi connectivity index (χ4n) is 2.64. The molecule has 0 saturated heterocycles. The molecule has 0 aliphatic rings. The highest BCUT2D eigenvalue weighted by Gasteiger charge is 2.17. The lowest BCUT2D eigenvalue weighted by Crippen LogP contribution is -2.25. The first-order valence-corrected chi connectivity index (χ1v) is 8.47. The number of aliphatic hydroxyl groups is 2. The minimum absolute atomic E-state index is 0.539. The molecule has 2 N–H and O–H groups in total. The molecule has 0 spiro atoms. The predicted molar refractivity (Wildman–Crippen MR) is 83.3 cm³/mol. The van der Waals surface area contributed by atoms with Crippen LogP contribution >= 0.6 is 0 Å². The van der Waals surface area contributed by atoms with E-state index in [0.717, 1.165) is 6.42 Å². The van der Waals surface area contributed by atoms with E-state index >= 15 is 0 Å². The molecular formula is C17H36O2. The second-order valence-electron chi connectivity index (χ2n) is 6.11. The predicted octanol–water partition coefficient (Wildman–Crippen LogP) is 4.68. The molecule has 0 aromatic carbocycles. The first-order chi connectivity index (χ1) is 9.11. The largest absolute Gasteiger partial charge is 0.391 e. The van der Waals surface area contributed by atoms with Gasteiger partial charge in [-0.05, 0) is 19.3 Å². The lowest BCUT2D eigenvalue weighted by molar-refractivity contribution is 0.0137. The third-order valence-corrected chi connectivity index (χ3v) is 4.06. The summed E-state index contributed by atoms with van der Waals surface area (Å²) in [5, 5.41) is 19.3. The fraction of sp³-hybridized carbons (Fsp3) is 1.00. The van der Waals surface area contributed by atoms with Crippen LogP contribution in [0.25, 0.3) is 0 Å². The van der Waals surface area contributed by atoms with Crippen LogP contribution in [0.2, 0.25) is 0 Å². The van der Waals surface area contributed by atoms with Gasteiger partial charge in [0, 0.05) is 0 Å². The van der Waals surface area contributed by atoms with E-state index in [1.54, 1.807) is 6.92 Å². The Bertz CT molecular complexity index is 168. The lowest BCUT2D eigenvalue weighted by atomic mass is 9.88. The highest BCUT2D eigenvalue weighted by atomic mass is 16.3. The molecule has 0 fully saturated rings. The summed E-state index contributed by atoms with van der Waals surface area (Å²) in [6.07, 6.45) is 12.5. The van der Waals surface area contributed by atoms with Crippen molar-refractivity contribution in [3.63, 3.8) is 0 Å². The molecule has 0 aliphatic heterocycles. The van der Waals surface area contributed by atoms with Crippen LogP contribution in [-0.2, 0) is 0 Å². The zero-order chi connectivity index (χ0) is 14.5. The molecule has 19 heavy (non-hydrogen) atoms. The molecule has 2 atom stereocenters. The highest BCUT2D eigenvalue weighted by molar-refractivity contribution is 4.69. The van der Waals surface area contributed by atoms with Crippen LogP contribution in [0.3, 0.4) is 0 Å². The summed E-state index contributed by atoms with van der Waals surface area (Å²) in [7, 11) is 0. The van der Waals surface area contributed by atoms with Gasteiger partial charge in [0.2, 0.25) is 0 Å². The molecule has 0 unspecified atom stereocenters. The Balaban J connectivity index is 3.92. The molecule has 0 radical (unpaired) electrons. The molecular weight excluding hydrogens is 236 g/mol. The van der Waals surface area contributed by atoms with Crippen LogP contribution in [0.4, 0.5) is 0 Å². The van der Waals surface area contributed by atoms with Crippen molar-refractivity contribution in [2.24, 2.45) is 5.92 Å². The summed E-state index contributed by atoms with van der Waals surface area (Å²) in [6, 6.07) is 0. The minimum atomic E-state index is -0.589. The van der Waals surface area contributed by atoms with Crippen molar-refractivity contribution in [1.29, 1.82) is 0 Å². The van der Waals surface area contributed by atoms with E-state index < -0.39 is 12.2 Å². The van der Waals surface area contributed by atoms with Crippen molar-refractivity contribution in [2.45, 2.75) is 104 Å². The topological polar surface area (TPSA) is 40.5 Å². The van der Waals surface area contributed by atoms with Crippen molar-refractivity contribution in [3.05, 3.63) is 0 Å². The van der Waals surface area contributed by atoms with Crippen LogP contribution in [-0.4, -0.2) is 22.4 Å². The monoisotopic (exact) mass is 272 g/mol. The highest BCUT2D eigenvalue weighted by Crippen LogP contribution is 2.23. The van der Waals surface area contributed by atoms with Crippen molar-refractivity contribution >= 4 is 0 Å². The molecule has 0 aromatic rings. The summed E-state index contributed by atoms with van der Waals surface area (Å²) >= 11 is 0. The summed E-state index contributed by atoms with van der Waals surface area (Å²) in [5.41, 5.74) is 0. The standard InChI is InChI=1S/C17H36O2/c1-4-6-8-10-12-16(13-11-9-7-5-2)14-17(19)15(3)18/h15-19H,4-14H2,1-3H3/t15-,17+/m1/s1. The third-order valence-electron chi connectivity index (χ3n) is 4.06. The molecule has 0 amide bonds. The van der Waals surface area contributed by atoms with Crippen LogP contribution in [0.5, 0.6) is 0 Å². The van der Waals surface area contributed by atoms with E-state index in [1.165, 1.54) is 64.2 Å². The lowest BCUT2D eigenvalue weighted by Gasteiger charge is -2.22. The molecule has 116 valence electrons. The van der Waals surface area contributed by atoms with E-state index in [0.29, 0.717) is 5.92 Å². The van der Waals surface area contributed by atoms with Gasteiger partial charge in [-0.25, -0.2) is 0 Å². The number of aliphatic hydroxyl groups excluding tert-OH is 2. The maximum absolute atomic E-state index is 9.85. The number of hydrogen-bond acceptors (Lipinski definition) is 2. The fourth-order valence-corrected chi connectivity index (χ4v) is 2.64. The third kappa shape index (κ3) is 11.4. The number of hydrogen-bond donors (Lipinski definition) is 2. The average molecular weight is 272 g/mol. The average Bonchev–Trinajstić information content (AvgIpc) is 2.38. The van der Waals surface area contributed by atoms with Gasteiger partial charge in [-0.3, -0.25) is 0 Å². The second kappa shape index (κ2) is 12.9. The second-order valence-corrected chi connectivity index (χ2v) is 6.11. The molecule has 0 saturated carbocycles. The SMILES string of the molecule is CCCCCCC(CCCCCC)C[C@H](O)[C@@H](C)O. The van der Waals surface area contributed by atoms with Gasteiger partial charge in [-0.1, -0.05) is 78.1 Å². The Hall–Kier alpha value is -0.0800. The quantitative estimate of drug-likeness (QED) is 0.478. The Morgan fingerprint density at radius 2 is 1.21 bits per heavy atom. The van der Waals surface area contributed by atoms with Crippen molar-refractivity contribution in [1.82, 2.24) is 0 Å². The minimum Gasteiger partial charge on any atom is -0.391 e. The van der Waals surface area contributed by atoms with Gasteiger partial charge in [-0.15, -0.1) is 0 Å². The molecule has 0 heterocycles. The Labute approximate surface area is 120 Å². The van der Waals surface area contributed by atoms with Crippen molar-refractivity contribution in [2.75, 3.05) is 0 Å². The zero-order valence-electron chi connectivity index (χ0n) is 13.4. The molecule has 0 rings (SSSR count). The molecule has 0 aromatic heterocycles. The van der Waals surface area contributed by atoms with Gasteiger partial charge in [0.15, 0.2) is 0 Å². The first-order valence-electron chi connectivity index (χ1n) is 8.47. The van der Waals surface area contributed by atoms with Gasteiger partial charge >= 0.3 is 0 Å². The number of rotatable bonds is 13. The van der Waals surface area contributed by atoms with Crippen LogP contribution in [0.15, 0.2) is 0 Å². The van der Waals surface area contributed by atoms with Crippen molar-refractivity contribution < 1.29 is 10.2 Å². The normalized spacial score (nSPS) is 14.8. The Morgan fingerprint density at radius 1 is 0.737 bits per heavy atom. The van der Waals surface area contributed by atoms with Gasteiger partial charge < -0.3 is 10.2 Å². The number of unbranched alkanes of at least 4 members (excludes halogenated alkanes) is 6. The van der Waals surface area contributed by atoms with Crippen LogP contribution < -0.4 is 0 Å². The maximum atomic E-state index is 9.85. The van der Waals surface area contributed by atoms with Crippen molar-refractivity contribution in [3.8, 4) is 0 Å². The summed E-state index contributed by atoms with van der Waals surface area (Å²) in [6.45, 7) is 6.16. The summed E-state index contributed by atoms with van der Waals surface area (Å²) in [5.74, 6) is 0.596. The first kappa shape index (κ1) is 18.9. The van der Waals surface area contributed by atoms with Crippen LogP contribution in [0, 0.1) is 5.92 Å². The van der Waals surface area contributed by atoms with E-state index in [-0.39, 0.29) is 0 Å². The summed E-state index contributed by atoms with van der Waals surface area (Å²) in [4.78, 5) is 0. The summed E-state index contributed by atoms with van der Waals surface area (Å²) < 4.78 is 0. The van der Waals surface area contributed by atoms with Gasteiger partial charge in [0.05, 0.1) is 12.2 Å². The van der Waals surface area contributed by atoms with Crippen LogP contribution in [0.1, 0.15) is 91.4 Å². The zero-order valence-corrected chi connectivity index (χ0v) is 13.4. The molecule has 0 bridgehead atoms. The van der Waals surface area contributed by atoms with E-state index in [9.17, 15) is 10.2 Å². The van der Waals surface area contributed by atoms with Gasteiger partial charge in [0.25, 0.3) is 0 Å². The smallest absolute Gasteiger partial charge is 0.0799 e. The molecule has 0 aliphatic carbocycles. The van der Waals surface area contributed by atoms with E-state index in [2.05, 4.69) is 13.8 Å². The maximum Gasteiger partial charge on any atom is 0.0799 e. The van der Waals surface area contributed by atoms with E-state index in [4.69, 9.17) is 0 Å². The van der Waals surface area contributed by atoms with E-state index in [1.807, 2.05) is 0 Å².